The van der Waals surface area contributed by atoms with Gasteiger partial charge >= 0.3 is 0 Å². The van der Waals surface area contributed by atoms with Crippen molar-refractivity contribution in [3.8, 4) is 12.3 Å². The van der Waals surface area contributed by atoms with E-state index in [4.69, 9.17) is 11.5 Å². The second kappa shape index (κ2) is 7.94. The van der Waals surface area contributed by atoms with Crippen LogP contribution >= 0.6 is 0 Å². The van der Waals surface area contributed by atoms with Gasteiger partial charge in [-0.2, -0.15) is 0 Å². The van der Waals surface area contributed by atoms with Gasteiger partial charge in [0, 0.05) is 18.4 Å². The molecule has 3 aromatic rings. The third-order valence-corrected chi connectivity index (χ3v) is 4.50. The van der Waals surface area contributed by atoms with Crippen LogP contribution < -0.4 is 10.6 Å². The van der Waals surface area contributed by atoms with Crippen molar-refractivity contribution in [1.82, 2.24) is 9.38 Å². The van der Waals surface area contributed by atoms with Crippen LogP contribution in [0.2, 0.25) is 0 Å². The molecule has 0 aliphatic heterocycles. The summed E-state index contributed by atoms with van der Waals surface area (Å²) in [5.74, 6) is 2.24. The summed E-state index contributed by atoms with van der Waals surface area (Å²) in [7, 11) is 0. The number of aliphatic hydroxyl groups excluding tert-OH is 1. The average molecular weight is 362 g/mol. The molecule has 6 heteroatoms. The zero-order valence-electron chi connectivity index (χ0n) is 15.4. The Bertz CT molecular complexity index is 1030. The molecule has 0 spiro atoms. The van der Waals surface area contributed by atoms with Crippen molar-refractivity contribution in [2.75, 3.05) is 17.2 Å². The van der Waals surface area contributed by atoms with Crippen LogP contribution in [-0.4, -0.2) is 27.0 Å². The fourth-order valence-electron chi connectivity index (χ4n) is 3.10. The van der Waals surface area contributed by atoms with Gasteiger partial charge in [-0.05, 0) is 43.2 Å². The highest BCUT2D eigenvalue weighted by Gasteiger charge is 2.13. The number of hydrogen-bond acceptors (Lipinski definition) is 4. The highest BCUT2D eigenvalue weighted by molar-refractivity contribution is 5.92. The number of carbonyl (C=O) groups is 1. The van der Waals surface area contributed by atoms with Gasteiger partial charge in [-0.15, -0.1) is 12.3 Å². The van der Waals surface area contributed by atoms with Crippen LogP contribution in [0.1, 0.15) is 22.5 Å². The molecule has 2 heterocycles. The maximum Gasteiger partial charge on any atom is 0.250 e. The molecule has 1 aromatic carbocycles. The Labute approximate surface area is 158 Å². The first kappa shape index (κ1) is 18.5. The molecule has 27 heavy (non-hydrogen) atoms. The first-order valence-corrected chi connectivity index (χ1v) is 8.68. The molecule has 6 nitrogen and oxygen atoms in total. The molecule has 3 rings (SSSR count). The molecule has 0 saturated heterocycles. The zero-order chi connectivity index (χ0) is 19.4. The highest BCUT2D eigenvalue weighted by Crippen LogP contribution is 2.24. The first-order chi connectivity index (χ1) is 13.0. The Morgan fingerprint density at radius 2 is 2.04 bits per heavy atom. The number of aryl methyl sites for hydroxylation is 2. The number of benzene rings is 1. The van der Waals surface area contributed by atoms with Crippen LogP contribution in [-0.2, 0) is 17.8 Å². The van der Waals surface area contributed by atoms with Crippen molar-refractivity contribution in [2.24, 2.45) is 0 Å². The summed E-state index contributed by atoms with van der Waals surface area (Å²) in [6, 6.07) is 9.59. The largest absolute Gasteiger partial charge is 0.387 e. The van der Waals surface area contributed by atoms with Gasteiger partial charge < -0.3 is 20.1 Å². The number of hydrogen-bond donors (Lipinski definition) is 3. The average Bonchev–Trinajstić information content (AvgIpc) is 2.98. The van der Waals surface area contributed by atoms with E-state index in [9.17, 15) is 4.79 Å². The van der Waals surface area contributed by atoms with E-state index >= 15 is 0 Å². The lowest BCUT2D eigenvalue weighted by molar-refractivity contribution is -0.118. The van der Waals surface area contributed by atoms with Gasteiger partial charge in [0.2, 0.25) is 5.91 Å². The number of nitrogens with one attached hydrogen (secondary N) is 2. The van der Waals surface area contributed by atoms with Crippen molar-refractivity contribution < 1.29 is 9.90 Å². The second-order valence-corrected chi connectivity index (χ2v) is 6.30. The molecule has 0 bridgehead atoms. The van der Waals surface area contributed by atoms with Crippen molar-refractivity contribution in [3.05, 3.63) is 59.0 Å². The van der Waals surface area contributed by atoms with Gasteiger partial charge in [-0.25, -0.2) is 4.98 Å². The topological polar surface area (TPSA) is 78.7 Å². The molecule has 0 aliphatic rings. The molecule has 0 atom stereocenters. The Balaban J connectivity index is 1.91. The number of aliphatic hydroxyl groups is 1. The number of amides is 1. The predicted molar refractivity (Wildman–Crippen MR) is 107 cm³/mol. The Morgan fingerprint density at radius 3 is 2.78 bits per heavy atom. The molecular formula is C21H22N4O2. The summed E-state index contributed by atoms with van der Waals surface area (Å²) >= 11 is 0. The summed E-state index contributed by atoms with van der Waals surface area (Å²) in [6.07, 6.45) is 7.95. The first-order valence-electron chi connectivity index (χ1n) is 8.68. The van der Waals surface area contributed by atoms with Gasteiger partial charge in [0.25, 0.3) is 0 Å². The summed E-state index contributed by atoms with van der Waals surface area (Å²) in [5, 5.41) is 15.1. The standard InChI is InChI=1S/C21H22N4O2/c1-4-7-19-15(3)23-21-18(10-6-11-25(19)21)22-12-16-14(2)8-5-9-17(16)24-20(27)13-26/h1,5-6,8-11,22,26H,7,12-13H2,2-3H3,(H,24,27). The minimum Gasteiger partial charge on any atom is -0.387 e. The van der Waals surface area contributed by atoms with E-state index in [1.807, 2.05) is 54.8 Å². The number of nitrogens with zero attached hydrogens (tertiary/aromatic N) is 2. The molecule has 0 saturated carbocycles. The number of pyridine rings is 1. The van der Waals surface area contributed by atoms with Crippen molar-refractivity contribution in [3.63, 3.8) is 0 Å². The molecule has 1 amide bonds. The van der Waals surface area contributed by atoms with E-state index in [2.05, 4.69) is 21.5 Å². The maximum absolute atomic E-state index is 11.6. The lowest BCUT2D eigenvalue weighted by atomic mass is 10.1. The van der Waals surface area contributed by atoms with E-state index in [1.165, 1.54) is 0 Å². The quantitative estimate of drug-likeness (QED) is 0.589. The van der Waals surface area contributed by atoms with E-state index in [0.717, 1.165) is 33.8 Å². The molecule has 0 fully saturated rings. The predicted octanol–water partition coefficient (Wildman–Crippen LogP) is 2.67. The molecule has 3 N–H and O–H groups in total. The summed E-state index contributed by atoms with van der Waals surface area (Å²) in [6.45, 7) is 3.89. The Kier molecular flexibility index (Phi) is 5.43. The molecule has 2 aromatic heterocycles. The van der Waals surface area contributed by atoms with Crippen molar-refractivity contribution >= 4 is 22.9 Å². The van der Waals surface area contributed by atoms with Crippen LogP contribution in [0.25, 0.3) is 5.65 Å². The minimum absolute atomic E-state index is 0.438. The summed E-state index contributed by atoms with van der Waals surface area (Å²) in [4.78, 5) is 16.2. The Hall–Kier alpha value is -3.30. The SMILES string of the molecule is C#CCc1c(C)nc2c(NCc3c(C)cccc3NC(=O)CO)cccn12. The fourth-order valence-corrected chi connectivity index (χ4v) is 3.10. The van der Waals surface area contributed by atoms with E-state index in [1.54, 1.807) is 0 Å². The number of aromatic nitrogens is 2. The van der Waals surface area contributed by atoms with Crippen LogP contribution in [0.15, 0.2) is 36.5 Å². The number of terminal acetylenes is 1. The third-order valence-electron chi connectivity index (χ3n) is 4.50. The Morgan fingerprint density at radius 1 is 1.26 bits per heavy atom. The van der Waals surface area contributed by atoms with E-state index in [-0.39, 0.29) is 0 Å². The van der Waals surface area contributed by atoms with E-state index < -0.39 is 12.5 Å². The summed E-state index contributed by atoms with van der Waals surface area (Å²) < 4.78 is 2.00. The fraction of sp³-hybridized carbons (Fsp3) is 0.238. The van der Waals surface area contributed by atoms with Crippen LogP contribution in [0, 0.1) is 26.2 Å². The lowest BCUT2D eigenvalue weighted by Gasteiger charge is -2.15. The van der Waals surface area contributed by atoms with Crippen molar-refractivity contribution in [1.29, 1.82) is 0 Å². The zero-order valence-corrected chi connectivity index (χ0v) is 15.4. The van der Waals surface area contributed by atoms with Crippen molar-refractivity contribution in [2.45, 2.75) is 26.8 Å². The van der Waals surface area contributed by atoms with Crippen LogP contribution in [0.5, 0.6) is 0 Å². The van der Waals surface area contributed by atoms with Gasteiger partial charge in [-0.1, -0.05) is 12.1 Å². The van der Waals surface area contributed by atoms with Gasteiger partial charge in [-0.3, -0.25) is 4.79 Å². The molecule has 0 radical (unpaired) electrons. The normalized spacial score (nSPS) is 10.6. The molecule has 0 aliphatic carbocycles. The minimum atomic E-state index is -0.550. The monoisotopic (exact) mass is 362 g/mol. The van der Waals surface area contributed by atoms with E-state index in [0.29, 0.717) is 18.7 Å². The number of imidazole rings is 1. The summed E-state index contributed by atoms with van der Waals surface area (Å²) in [5.41, 5.74) is 6.28. The number of fused-ring (bicyclic) bond motifs is 1. The molecule has 0 unspecified atom stereocenters. The van der Waals surface area contributed by atoms with Gasteiger partial charge in [0.05, 0.1) is 23.5 Å². The lowest BCUT2D eigenvalue weighted by Crippen LogP contribution is -2.17. The number of rotatable bonds is 6. The third kappa shape index (κ3) is 3.78. The second-order valence-electron chi connectivity index (χ2n) is 6.30. The smallest absolute Gasteiger partial charge is 0.250 e. The number of carbonyl (C=O) groups excluding carboxylic acids is 1. The highest BCUT2D eigenvalue weighted by atomic mass is 16.3. The van der Waals surface area contributed by atoms with Crippen LogP contribution in [0.4, 0.5) is 11.4 Å². The molecule has 138 valence electrons. The maximum atomic E-state index is 11.6. The van der Waals surface area contributed by atoms with Crippen LogP contribution in [0.3, 0.4) is 0 Å². The van der Waals surface area contributed by atoms with Gasteiger partial charge in [0.1, 0.15) is 6.61 Å². The van der Waals surface area contributed by atoms with Gasteiger partial charge in [0.15, 0.2) is 5.65 Å². The number of anilines is 2. The molecular weight excluding hydrogens is 340 g/mol.